The van der Waals surface area contributed by atoms with Crippen LogP contribution in [-0.2, 0) is 12.8 Å². The number of para-hydroxylation sites is 1. The zero-order valence-electron chi connectivity index (χ0n) is 24.4. The molecule has 9 heteroatoms. The molecule has 1 aromatic heterocycles. The van der Waals surface area contributed by atoms with Crippen LogP contribution >= 0.6 is 23.2 Å². The zero-order chi connectivity index (χ0) is 30.6. The number of alkyl halides is 2. The van der Waals surface area contributed by atoms with Gasteiger partial charge in [-0.15, -0.1) is 28.9 Å². The summed E-state index contributed by atoms with van der Waals surface area (Å²) < 4.78 is 1.26. The Labute approximate surface area is 266 Å². The average molecular weight is 630 g/mol. The predicted octanol–water partition coefficient (Wildman–Crippen LogP) is 6.59. The van der Waals surface area contributed by atoms with Crippen LogP contribution in [0.1, 0.15) is 51.1 Å². The number of hydrogen-bond donors (Lipinski definition) is 2. The Morgan fingerprint density at radius 2 is 1.43 bits per heavy atom. The molecule has 0 spiro atoms. The lowest BCUT2D eigenvalue weighted by Gasteiger charge is -2.32. The second-order valence-corrected chi connectivity index (χ2v) is 11.8. The largest absolute Gasteiger partial charge is 0.477 e. The fourth-order valence-corrected chi connectivity index (χ4v) is 6.72. The number of H-pyrrole nitrogens is 1. The third-order valence-corrected chi connectivity index (χ3v) is 8.73. The van der Waals surface area contributed by atoms with Gasteiger partial charge in [-0.2, -0.15) is 0 Å². The van der Waals surface area contributed by atoms with Crippen molar-refractivity contribution in [1.82, 2.24) is 9.78 Å². The molecule has 7 nitrogen and oxygen atoms in total. The maximum Gasteiger partial charge on any atom is 0.354 e. The van der Waals surface area contributed by atoms with Crippen LogP contribution in [0.3, 0.4) is 0 Å². The summed E-state index contributed by atoms with van der Waals surface area (Å²) in [7, 11) is 0. The second kappa shape index (κ2) is 13.2. The lowest BCUT2D eigenvalue weighted by atomic mass is 9.90. The highest BCUT2D eigenvalue weighted by atomic mass is 35.5. The van der Waals surface area contributed by atoms with Gasteiger partial charge in [-0.1, -0.05) is 30.3 Å². The number of halogens is 2. The number of nitrogens with one attached hydrogen (secondary N) is 1. The van der Waals surface area contributed by atoms with Gasteiger partial charge in [0.05, 0.1) is 11.3 Å². The minimum absolute atomic E-state index is 0.0383. The number of aryl methyl sites for hydroxylation is 2. The highest BCUT2D eigenvalue weighted by Gasteiger charge is 2.22. The quantitative estimate of drug-likeness (QED) is 0.161. The van der Waals surface area contributed by atoms with Crippen LogP contribution in [-0.4, -0.2) is 58.8 Å². The van der Waals surface area contributed by atoms with Crippen LogP contribution in [0.2, 0.25) is 0 Å². The van der Waals surface area contributed by atoms with E-state index < -0.39 is 11.5 Å². The van der Waals surface area contributed by atoms with Gasteiger partial charge in [0.15, 0.2) is 5.69 Å². The van der Waals surface area contributed by atoms with Gasteiger partial charge in [-0.25, -0.2) is 9.48 Å². The number of nitrogens with zero attached hydrogens (tertiary/aromatic N) is 3. The summed E-state index contributed by atoms with van der Waals surface area (Å²) in [5.74, 6) is -0.0880. The van der Waals surface area contributed by atoms with Crippen molar-refractivity contribution in [2.75, 3.05) is 47.7 Å². The van der Waals surface area contributed by atoms with Crippen molar-refractivity contribution >= 4 is 52.2 Å². The standard InChI is InChI=1S/C35H34Cl2N4O3/c36-16-20-39-18-4-6-26-22-24(10-14-31(26)39)29(25-11-15-32-27(23-25)7-5-19-40(32)21-17-37)12-13-30-33(35(43)44)38-41(34(30)42)28-8-2-1-3-9-28/h1-3,8-11,13-15,22-23,38H,4-7,16-21H2,(H,43,44). The van der Waals surface area contributed by atoms with Crippen molar-refractivity contribution in [3.63, 3.8) is 0 Å². The number of hydrogen-bond acceptors (Lipinski definition) is 4. The molecule has 44 heavy (non-hydrogen) atoms. The predicted molar refractivity (Wildman–Crippen MR) is 179 cm³/mol. The van der Waals surface area contributed by atoms with Gasteiger partial charge in [0.25, 0.3) is 5.56 Å². The average Bonchev–Trinajstić information content (AvgIpc) is 3.38. The number of aromatic carboxylic acids is 1. The number of carbonyl (C=O) groups is 1. The number of carboxylic acids is 1. The highest BCUT2D eigenvalue weighted by molar-refractivity contribution is 6.18. The molecule has 4 aromatic rings. The fourth-order valence-electron chi connectivity index (χ4n) is 6.31. The molecule has 2 N–H and O–H groups in total. The Balaban J connectivity index is 1.52. The number of aromatic nitrogens is 2. The van der Waals surface area contributed by atoms with Crippen LogP contribution in [0, 0.1) is 0 Å². The van der Waals surface area contributed by atoms with E-state index >= 15 is 0 Å². The molecule has 226 valence electrons. The first-order valence-corrected chi connectivity index (χ1v) is 16.0. The molecular formula is C35H34Cl2N4O3. The number of benzene rings is 3. The number of rotatable bonds is 9. The zero-order valence-corrected chi connectivity index (χ0v) is 25.9. The molecule has 0 amide bonds. The van der Waals surface area contributed by atoms with E-state index in [0.717, 1.165) is 68.6 Å². The first-order valence-electron chi connectivity index (χ1n) is 15.0. The lowest BCUT2D eigenvalue weighted by Crippen LogP contribution is -2.31. The summed E-state index contributed by atoms with van der Waals surface area (Å²) in [6.07, 6.45) is 5.51. The molecule has 6 rings (SSSR count). The van der Waals surface area contributed by atoms with Crippen LogP contribution in [0.25, 0.3) is 17.3 Å². The van der Waals surface area contributed by atoms with E-state index in [0.29, 0.717) is 17.4 Å². The second-order valence-electron chi connectivity index (χ2n) is 11.1. The van der Waals surface area contributed by atoms with Gasteiger partial charge in [0.2, 0.25) is 0 Å². The normalized spacial score (nSPS) is 14.0. The molecule has 0 bridgehead atoms. The van der Waals surface area contributed by atoms with Gasteiger partial charge >= 0.3 is 5.97 Å². The van der Waals surface area contributed by atoms with Crippen molar-refractivity contribution in [3.05, 3.63) is 116 Å². The molecule has 0 fully saturated rings. The Kier molecular flexibility index (Phi) is 8.99. The first-order chi connectivity index (χ1) is 21.5. The third-order valence-electron chi connectivity index (χ3n) is 8.39. The summed E-state index contributed by atoms with van der Waals surface area (Å²) in [6.45, 7) is 3.54. The topological polar surface area (TPSA) is 81.6 Å². The van der Waals surface area contributed by atoms with Crippen LogP contribution in [0.4, 0.5) is 11.4 Å². The number of anilines is 2. The minimum Gasteiger partial charge on any atom is -0.477 e. The summed E-state index contributed by atoms with van der Waals surface area (Å²) in [5.41, 5.74) is 10.9. The van der Waals surface area contributed by atoms with E-state index in [1.807, 2.05) is 6.07 Å². The van der Waals surface area contributed by atoms with Gasteiger partial charge in [-0.05, 0) is 90.4 Å². The molecule has 0 saturated carbocycles. The van der Waals surface area contributed by atoms with E-state index in [9.17, 15) is 14.7 Å². The van der Waals surface area contributed by atoms with Crippen molar-refractivity contribution in [1.29, 1.82) is 0 Å². The van der Waals surface area contributed by atoms with E-state index in [1.165, 1.54) is 33.3 Å². The Morgan fingerprint density at radius 3 is 1.95 bits per heavy atom. The van der Waals surface area contributed by atoms with E-state index in [-0.39, 0.29) is 11.3 Å². The maximum atomic E-state index is 13.5. The minimum atomic E-state index is -1.22. The summed E-state index contributed by atoms with van der Waals surface area (Å²) in [5, 5.41) is 12.8. The van der Waals surface area contributed by atoms with Crippen molar-refractivity contribution in [2.45, 2.75) is 25.7 Å². The van der Waals surface area contributed by atoms with Crippen molar-refractivity contribution in [2.24, 2.45) is 0 Å². The summed E-state index contributed by atoms with van der Waals surface area (Å²) in [6, 6.07) is 21.8. The molecule has 0 aliphatic carbocycles. The third kappa shape index (κ3) is 5.96. The van der Waals surface area contributed by atoms with Gasteiger partial charge in [0, 0.05) is 54.9 Å². The Bertz CT molecular complexity index is 1730. The van der Waals surface area contributed by atoms with Crippen LogP contribution < -0.4 is 15.4 Å². The van der Waals surface area contributed by atoms with Gasteiger partial charge in [0.1, 0.15) is 0 Å². The Morgan fingerprint density at radius 1 is 0.864 bits per heavy atom. The van der Waals surface area contributed by atoms with Crippen molar-refractivity contribution in [3.8, 4) is 5.69 Å². The van der Waals surface area contributed by atoms with Crippen LogP contribution in [0.15, 0.2) is 77.3 Å². The molecule has 3 aromatic carbocycles. The van der Waals surface area contributed by atoms with Gasteiger partial charge < -0.3 is 14.9 Å². The molecule has 2 aliphatic heterocycles. The maximum absolute atomic E-state index is 13.5. The Hall–Kier alpha value is -4.16. The molecular weight excluding hydrogens is 595 g/mol. The number of fused-ring (bicyclic) bond motifs is 2. The number of aromatic amines is 1. The molecule has 3 heterocycles. The summed E-state index contributed by atoms with van der Waals surface area (Å²) in [4.78, 5) is 30.4. The smallest absolute Gasteiger partial charge is 0.354 e. The van der Waals surface area contributed by atoms with E-state index in [2.05, 4.69) is 57.0 Å². The molecule has 0 radical (unpaired) electrons. The highest BCUT2D eigenvalue weighted by Crippen LogP contribution is 2.35. The monoisotopic (exact) mass is 628 g/mol. The van der Waals surface area contributed by atoms with E-state index in [1.54, 1.807) is 24.3 Å². The molecule has 2 aliphatic rings. The fraction of sp³-hybridized carbons (Fsp3) is 0.286. The number of carboxylic acid groups (broad SMARTS) is 1. The van der Waals surface area contributed by atoms with E-state index in [4.69, 9.17) is 23.2 Å². The van der Waals surface area contributed by atoms with Crippen LogP contribution in [0.5, 0.6) is 0 Å². The molecule has 0 unspecified atom stereocenters. The SMILES string of the molecule is O=C(O)c1[nH]n(-c2ccccc2)c(=O)c1C=C=C(c1ccc2c(c1)CCCN2CCCl)c1ccc2c(c1)CCCN2CCCl. The first kappa shape index (κ1) is 29.9. The van der Waals surface area contributed by atoms with Gasteiger partial charge in [-0.3, -0.25) is 9.89 Å². The van der Waals surface area contributed by atoms with Crippen molar-refractivity contribution < 1.29 is 9.90 Å². The summed E-state index contributed by atoms with van der Waals surface area (Å²) >= 11 is 12.2. The lowest BCUT2D eigenvalue weighted by molar-refractivity contribution is 0.0689. The molecule has 0 atom stereocenters. The molecule has 0 saturated heterocycles.